The normalized spacial score (nSPS) is 30.5. The average molecular weight is 312 g/mol. The van der Waals surface area contributed by atoms with Crippen LogP contribution >= 0.6 is 0 Å². The summed E-state index contributed by atoms with van der Waals surface area (Å²) in [4.78, 5) is 6.81. The Kier molecular flexibility index (Phi) is 6.06. The van der Waals surface area contributed by atoms with E-state index in [1.807, 2.05) is 7.05 Å². The molecule has 0 aromatic rings. The first-order valence-corrected chi connectivity index (χ1v) is 8.30. The summed E-state index contributed by atoms with van der Waals surface area (Å²) in [6.07, 6.45) is 1.36. The summed E-state index contributed by atoms with van der Waals surface area (Å²) < 4.78 is 10.9. The fraction of sp³-hybridized carbons (Fsp3) is 0.938. The number of hydrogen-bond donors (Lipinski definition) is 2. The van der Waals surface area contributed by atoms with E-state index in [1.165, 1.54) is 0 Å². The highest BCUT2D eigenvalue weighted by Crippen LogP contribution is 2.42. The van der Waals surface area contributed by atoms with Crippen LogP contribution in [0.3, 0.4) is 0 Å². The SMILES string of the molecule is CN=C(NCC(C)N1CCOCC1)NC1CC(OC)C1(C)C. The van der Waals surface area contributed by atoms with Crippen LogP contribution in [0.2, 0.25) is 0 Å². The van der Waals surface area contributed by atoms with Crippen LogP contribution in [0, 0.1) is 5.41 Å². The highest BCUT2D eigenvalue weighted by Gasteiger charge is 2.48. The van der Waals surface area contributed by atoms with Gasteiger partial charge in [0, 0.05) is 51.3 Å². The standard InChI is InChI=1S/C16H32N4O2/c1-12(20-6-8-22-9-7-20)11-18-15(17-4)19-13-10-14(21-5)16(13,2)3/h12-14H,6-11H2,1-5H3,(H2,17,18,19). The summed E-state index contributed by atoms with van der Waals surface area (Å²) in [5.74, 6) is 0.882. The summed E-state index contributed by atoms with van der Waals surface area (Å²) in [6, 6.07) is 0.880. The van der Waals surface area contributed by atoms with Crippen molar-refractivity contribution >= 4 is 5.96 Å². The number of hydrogen-bond acceptors (Lipinski definition) is 4. The van der Waals surface area contributed by atoms with Crippen molar-refractivity contribution in [3.8, 4) is 0 Å². The Balaban J connectivity index is 1.76. The van der Waals surface area contributed by atoms with Crippen LogP contribution in [-0.4, -0.2) is 76.1 Å². The van der Waals surface area contributed by atoms with Crippen molar-refractivity contribution in [3.05, 3.63) is 0 Å². The van der Waals surface area contributed by atoms with Gasteiger partial charge >= 0.3 is 0 Å². The number of morpholine rings is 1. The second kappa shape index (κ2) is 7.62. The number of nitrogens with zero attached hydrogens (tertiary/aromatic N) is 2. The minimum absolute atomic E-state index is 0.141. The molecule has 2 rings (SSSR count). The van der Waals surface area contributed by atoms with E-state index < -0.39 is 0 Å². The van der Waals surface area contributed by atoms with Crippen LogP contribution in [0.4, 0.5) is 0 Å². The van der Waals surface area contributed by atoms with Gasteiger partial charge in [-0.25, -0.2) is 0 Å². The molecule has 2 aliphatic rings. The molecule has 2 N–H and O–H groups in total. The lowest BCUT2D eigenvalue weighted by Crippen LogP contribution is -2.63. The third-order valence-corrected chi connectivity index (χ3v) is 5.23. The molecular weight excluding hydrogens is 280 g/mol. The lowest BCUT2D eigenvalue weighted by atomic mass is 9.64. The highest BCUT2D eigenvalue weighted by atomic mass is 16.5. The number of nitrogens with one attached hydrogen (secondary N) is 2. The minimum atomic E-state index is 0.141. The van der Waals surface area contributed by atoms with Gasteiger partial charge in [0.15, 0.2) is 5.96 Å². The first-order valence-electron chi connectivity index (χ1n) is 8.30. The van der Waals surface area contributed by atoms with Crippen LogP contribution in [0.5, 0.6) is 0 Å². The van der Waals surface area contributed by atoms with Crippen LogP contribution < -0.4 is 10.6 Å². The number of rotatable bonds is 5. The summed E-state index contributed by atoms with van der Waals surface area (Å²) >= 11 is 0. The largest absolute Gasteiger partial charge is 0.381 e. The van der Waals surface area contributed by atoms with Crippen molar-refractivity contribution < 1.29 is 9.47 Å². The lowest BCUT2D eigenvalue weighted by Gasteiger charge is -2.51. The molecule has 6 heteroatoms. The Hall–Kier alpha value is -0.850. The van der Waals surface area contributed by atoms with Crippen LogP contribution in [0.15, 0.2) is 4.99 Å². The number of methoxy groups -OCH3 is 1. The highest BCUT2D eigenvalue weighted by molar-refractivity contribution is 5.80. The van der Waals surface area contributed by atoms with Crippen LogP contribution in [-0.2, 0) is 9.47 Å². The van der Waals surface area contributed by atoms with E-state index in [0.29, 0.717) is 18.2 Å². The van der Waals surface area contributed by atoms with Gasteiger partial charge < -0.3 is 20.1 Å². The summed E-state index contributed by atoms with van der Waals surface area (Å²) in [5.41, 5.74) is 0.141. The van der Waals surface area contributed by atoms with Crippen molar-refractivity contribution in [2.45, 2.75) is 45.4 Å². The fourth-order valence-electron chi connectivity index (χ4n) is 3.28. The topological polar surface area (TPSA) is 58.1 Å². The van der Waals surface area contributed by atoms with Gasteiger partial charge in [0.25, 0.3) is 0 Å². The van der Waals surface area contributed by atoms with Crippen molar-refractivity contribution in [2.75, 3.05) is 47.0 Å². The smallest absolute Gasteiger partial charge is 0.191 e. The zero-order chi connectivity index (χ0) is 16.2. The molecule has 1 aliphatic carbocycles. The fourth-order valence-corrected chi connectivity index (χ4v) is 3.28. The third kappa shape index (κ3) is 3.91. The van der Waals surface area contributed by atoms with Crippen LogP contribution in [0.25, 0.3) is 0 Å². The molecule has 3 atom stereocenters. The molecular formula is C16H32N4O2. The van der Waals surface area contributed by atoms with Crippen molar-refractivity contribution in [1.29, 1.82) is 0 Å². The predicted molar refractivity (Wildman–Crippen MR) is 89.3 cm³/mol. The van der Waals surface area contributed by atoms with Gasteiger partial charge in [0.2, 0.25) is 0 Å². The summed E-state index contributed by atoms with van der Waals surface area (Å²) in [7, 11) is 3.62. The molecule has 1 heterocycles. The van der Waals surface area contributed by atoms with Crippen LogP contribution in [0.1, 0.15) is 27.2 Å². The van der Waals surface area contributed by atoms with E-state index in [2.05, 4.69) is 41.3 Å². The molecule has 1 saturated carbocycles. The molecule has 0 amide bonds. The molecule has 22 heavy (non-hydrogen) atoms. The molecule has 2 fully saturated rings. The quantitative estimate of drug-likeness (QED) is 0.578. The third-order valence-electron chi connectivity index (χ3n) is 5.23. The number of guanidine groups is 1. The zero-order valence-electron chi connectivity index (χ0n) is 14.7. The Morgan fingerprint density at radius 1 is 1.41 bits per heavy atom. The predicted octanol–water partition coefficient (Wildman–Crippen LogP) is 0.686. The molecule has 0 aromatic heterocycles. The van der Waals surface area contributed by atoms with Crippen molar-refractivity contribution in [2.24, 2.45) is 10.4 Å². The van der Waals surface area contributed by atoms with E-state index in [9.17, 15) is 0 Å². The van der Waals surface area contributed by atoms with Gasteiger partial charge in [0.05, 0.1) is 19.3 Å². The lowest BCUT2D eigenvalue weighted by molar-refractivity contribution is -0.0922. The molecule has 0 spiro atoms. The Morgan fingerprint density at radius 2 is 2.09 bits per heavy atom. The van der Waals surface area contributed by atoms with E-state index in [1.54, 1.807) is 7.11 Å². The van der Waals surface area contributed by atoms with Gasteiger partial charge in [-0.1, -0.05) is 13.8 Å². The average Bonchev–Trinajstić information content (AvgIpc) is 2.54. The molecule has 128 valence electrons. The Bertz CT molecular complexity index is 380. The summed E-state index contributed by atoms with van der Waals surface area (Å²) in [6.45, 7) is 11.3. The number of ether oxygens (including phenoxy) is 2. The zero-order valence-corrected chi connectivity index (χ0v) is 14.7. The van der Waals surface area contributed by atoms with Gasteiger partial charge in [-0.3, -0.25) is 9.89 Å². The first-order chi connectivity index (χ1) is 10.5. The molecule has 6 nitrogen and oxygen atoms in total. The van der Waals surface area contributed by atoms with Gasteiger partial charge in [-0.2, -0.15) is 0 Å². The molecule has 0 radical (unpaired) electrons. The van der Waals surface area contributed by atoms with E-state index in [-0.39, 0.29) is 5.41 Å². The molecule has 0 bridgehead atoms. The molecule has 1 saturated heterocycles. The van der Waals surface area contributed by atoms with Gasteiger partial charge in [-0.05, 0) is 13.3 Å². The second-order valence-electron chi connectivity index (χ2n) is 6.93. The minimum Gasteiger partial charge on any atom is -0.381 e. The maximum atomic E-state index is 5.51. The van der Waals surface area contributed by atoms with E-state index in [4.69, 9.17) is 9.47 Å². The maximum Gasteiger partial charge on any atom is 0.191 e. The van der Waals surface area contributed by atoms with Gasteiger partial charge in [0.1, 0.15) is 0 Å². The Labute approximate surface area is 134 Å². The first kappa shape index (κ1) is 17.5. The van der Waals surface area contributed by atoms with E-state index in [0.717, 1.165) is 45.2 Å². The van der Waals surface area contributed by atoms with Crippen molar-refractivity contribution in [3.63, 3.8) is 0 Å². The monoisotopic (exact) mass is 312 g/mol. The Morgan fingerprint density at radius 3 is 2.64 bits per heavy atom. The van der Waals surface area contributed by atoms with Gasteiger partial charge in [-0.15, -0.1) is 0 Å². The maximum absolute atomic E-state index is 5.51. The summed E-state index contributed by atoms with van der Waals surface area (Å²) in [5, 5.41) is 6.98. The molecule has 1 aliphatic heterocycles. The second-order valence-corrected chi connectivity index (χ2v) is 6.93. The van der Waals surface area contributed by atoms with E-state index >= 15 is 0 Å². The molecule has 0 aromatic carbocycles. The number of aliphatic imine (C=N–C) groups is 1. The van der Waals surface area contributed by atoms with Crippen molar-refractivity contribution in [1.82, 2.24) is 15.5 Å². The molecule has 3 unspecified atom stereocenters.